The zero-order valence-corrected chi connectivity index (χ0v) is 18.1. The number of likely N-dealkylation sites (N-methyl/N-ethyl adjacent to an activating group) is 1. The fourth-order valence-electron chi connectivity index (χ4n) is 3.47. The van der Waals surface area contributed by atoms with Gasteiger partial charge in [-0.15, -0.1) is 11.3 Å². The number of aromatic nitrogens is 1. The number of nitrogens with zero attached hydrogens (tertiary/aromatic N) is 3. The summed E-state index contributed by atoms with van der Waals surface area (Å²) in [6, 6.07) is 12.5. The molecule has 1 aromatic carbocycles. The molecule has 4 rings (SSSR count). The van der Waals surface area contributed by atoms with Crippen LogP contribution in [-0.2, 0) is 0 Å². The van der Waals surface area contributed by atoms with Crippen LogP contribution in [0.3, 0.4) is 0 Å². The second kappa shape index (κ2) is 8.16. The number of fused-ring (bicyclic) bond motifs is 1. The predicted octanol–water partition coefficient (Wildman–Crippen LogP) is 4.23. The number of hydrogen-bond acceptors (Lipinski definition) is 5. The number of hydrogen-bond donors (Lipinski definition) is 1. The maximum absolute atomic E-state index is 9.75. The van der Waals surface area contributed by atoms with Crippen LogP contribution in [0, 0.1) is 11.8 Å². The number of benzene rings is 1. The summed E-state index contributed by atoms with van der Waals surface area (Å²) in [5.41, 5.74) is 1.96. The van der Waals surface area contributed by atoms with E-state index in [0.29, 0.717) is 0 Å². The van der Waals surface area contributed by atoms with E-state index in [-0.39, 0.29) is 0 Å². The maximum atomic E-state index is 9.75. The van der Waals surface area contributed by atoms with Crippen molar-refractivity contribution in [3.05, 3.63) is 48.2 Å². The predicted molar refractivity (Wildman–Crippen MR) is 123 cm³/mol. The lowest BCUT2D eigenvalue weighted by Gasteiger charge is -2.34. The highest BCUT2D eigenvalue weighted by Crippen LogP contribution is 2.34. The van der Waals surface area contributed by atoms with Gasteiger partial charge in [0.05, 0.1) is 10.7 Å². The van der Waals surface area contributed by atoms with Crippen molar-refractivity contribution in [1.82, 2.24) is 9.88 Å². The van der Waals surface area contributed by atoms with E-state index in [2.05, 4.69) is 45.7 Å². The van der Waals surface area contributed by atoms with Crippen LogP contribution in [-0.4, -0.2) is 53.3 Å². The maximum Gasteiger partial charge on any atom is 0.120 e. The van der Waals surface area contributed by atoms with Crippen molar-refractivity contribution in [1.29, 1.82) is 0 Å². The second-order valence-corrected chi connectivity index (χ2v) is 9.06. The van der Waals surface area contributed by atoms with Gasteiger partial charge in [0.15, 0.2) is 0 Å². The van der Waals surface area contributed by atoms with Gasteiger partial charge in [-0.25, -0.2) is 0 Å². The summed E-state index contributed by atoms with van der Waals surface area (Å²) in [5.74, 6) is 5.86. The van der Waals surface area contributed by atoms with Gasteiger partial charge in [-0.2, -0.15) is 0 Å². The summed E-state index contributed by atoms with van der Waals surface area (Å²) in [6.45, 7) is 11.2. The van der Waals surface area contributed by atoms with Crippen molar-refractivity contribution < 1.29 is 5.11 Å². The fraction of sp³-hybridized carbons (Fsp3) is 0.375. The summed E-state index contributed by atoms with van der Waals surface area (Å²) in [7, 11) is 0. The van der Waals surface area contributed by atoms with Gasteiger partial charge in [0.25, 0.3) is 0 Å². The minimum absolute atomic E-state index is 0.890. The lowest BCUT2D eigenvalue weighted by Crippen LogP contribution is -2.45. The Bertz CT molecular complexity index is 1050. The minimum Gasteiger partial charge on any atom is -0.378 e. The zero-order valence-electron chi connectivity index (χ0n) is 17.3. The quantitative estimate of drug-likeness (QED) is 0.662. The molecular weight excluding hydrogens is 378 g/mol. The van der Waals surface area contributed by atoms with Crippen molar-refractivity contribution in [3.8, 4) is 23.1 Å². The van der Waals surface area contributed by atoms with E-state index in [1.807, 2.05) is 41.8 Å². The van der Waals surface area contributed by atoms with Gasteiger partial charge in [0, 0.05) is 53.6 Å². The van der Waals surface area contributed by atoms with Gasteiger partial charge >= 0.3 is 0 Å². The Balaban J connectivity index is 1.54. The molecule has 29 heavy (non-hydrogen) atoms. The standard InChI is InChI=1S/C24H27N3OS/c1-4-26-11-13-27(14-12-26)23-15-20-17-25-21(16-22(20)29-23)19-7-5-18(6-8-19)9-10-24(2,3)28/h5-8,15-17,28H,4,11-14H2,1-3H3. The Morgan fingerprint density at radius 3 is 2.48 bits per heavy atom. The zero-order chi connectivity index (χ0) is 20.4. The third-order valence-electron chi connectivity index (χ3n) is 5.21. The van der Waals surface area contributed by atoms with Gasteiger partial charge in [-0.1, -0.05) is 30.9 Å². The molecule has 4 nitrogen and oxygen atoms in total. The van der Waals surface area contributed by atoms with Crippen LogP contribution in [0.2, 0.25) is 0 Å². The Labute approximate surface area is 176 Å². The molecular formula is C24H27N3OS. The Morgan fingerprint density at radius 2 is 1.83 bits per heavy atom. The number of pyridine rings is 1. The minimum atomic E-state index is -0.981. The molecule has 2 aromatic heterocycles. The number of anilines is 1. The summed E-state index contributed by atoms with van der Waals surface area (Å²) in [4.78, 5) is 9.67. The highest BCUT2D eigenvalue weighted by molar-refractivity contribution is 7.22. The van der Waals surface area contributed by atoms with Gasteiger partial charge < -0.3 is 14.9 Å². The normalized spacial score (nSPS) is 15.4. The highest BCUT2D eigenvalue weighted by atomic mass is 32.1. The number of rotatable bonds is 3. The van der Waals surface area contributed by atoms with Crippen molar-refractivity contribution in [2.24, 2.45) is 0 Å². The van der Waals surface area contributed by atoms with E-state index in [4.69, 9.17) is 0 Å². The van der Waals surface area contributed by atoms with Crippen LogP contribution >= 0.6 is 11.3 Å². The molecule has 3 aromatic rings. The van der Waals surface area contributed by atoms with Crippen LogP contribution in [0.25, 0.3) is 21.3 Å². The number of piperazine rings is 1. The van der Waals surface area contributed by atoms with E-state index in [1.165, 1.54) is 15.1 Å². The molecule has 0 bridgehead atoms. The monoisotopic (exact) mass is 405 g/mol. The summed E-state index contributed by atoms with van der Waals surface area (Å²) >= 11 is 1.85. The Kier molecular flexibility index (Phi) is 5.60. The SMILES string of the molecule is CCN1CCN(c2cc3cnc(-c4ccc(C#CC(C)(C)O)cc4)cc3s2)CC1. The first kappa shape index (κ1) is 19.9. The first-order valence-corrected chi connectivity index (χ1v) is 11.0. The average Bonchev–Trinajstić information content (AvgIpc) is 3.15. The summed E-state index contributed by atoms with van der Waals surface area (Å²) in [5, 5.41) is 12.3. The van der Waals surface area contributed by atoms with Crippen molar-refractivity contribution in [2.45, 2.75) is 26.4 Å². The molecule has 1 aliphatic heterocycles. The van der Waals surface area contributed by atoms with Crippen molar-refractivity contribution in [3.63, 3.8) is 0 Å². The topological polar surface area (TPSA) is 39.6 Å². The molecule has 1 aliphatic rings. The first-order chi connectivity index (χ1) is 13.9. The van der Waals surface area contributed by atoms with E-state index in [0.717, 1.165) is 49.5 Å². The van der Waals surface area contributed by atoms with Gasteiger partial charge in [-0.05, 0) is 44.7 Å². The van der Waals surface area contributed by atoms with Crippen LogP contribution < -0.4 is 4.90 Å². The van der Waals surface area contributed by atoms with Gasteiger partial charge in [-0.3, -0.25) is 4.98 Å². The molecule has 3 heterocycles. The molecule has 0 radical (unpaired) electrons. The van der Waals surface area contributed by atoms with E-state index in [9.17, 15) is 5.11 Å². The van der Waals surface area contributed by atoms with Crippen molar-refractivity contribution in [2.75, 3.05) is 37.6 Å². The number of thiophene rings is 1. The van der Waals surface area contributed by atoms with E-state index >= 15 is 0 Å². The number of aliphatic hydroxyl groups is 1. The van der Waals surface area contributed by atoms with Crippen LogP contribution in [0.15, 0.2) is 42.6 Å². The smallest absolute Gasteiger partial charge is 0.120 e. The Hall–Kier alpha value is -2.39. The van der Waals surface area contributed by atoms with Gasteiger partial charge in [0.1, 0.15) is 5.60 Å². The molecule has 150 valence electrons. The molecule has 0 amide bonds. The largest absolute Gasteiger partial charge is 0.378 e. The third-order valence-corrected chi connectivity index (χ3v) is 6.37. The molecule has 1 fully saturated rings. The molecule has 0 aliphatic carbocycles. The second-order valence-electron chi connectivity index (χ2n) is 8.00. The van der Waals surface area contributed by atoms with E-state index < -0.39 is 5.60 Å². The van der Waals surface area contributed by atoms with Gasteiger partial charge in [0.2, 0.25) is 0 Å². The lowest BCUT2D eigenvalue weighted by molar-refractivity contribution is 0.143. The van der Waals surface area contributed by atoms with Crippen LogP contribution in [0.1, 0.15) is 26.3 Å². The molecule has 1 N–H and O–H groups in total. The van der Waals surface area contributed by atoms with Crippen molar-refractivity contribution >= 4 is 26.4 Å². The first-order valence-electron chi connectivity index (χ1n) is 10.1. The lowest BCUT2D eigenvalue weighted by atomic mass is 10.1. The molecule has 0 spiro atoms. The fourth-order valence-corrected chi connectivity index (χ4v) is 4.59. The molecule has 0 unspecified atom stereocenters. The van der Waals surface area contributed by atoms with Crippen LogP contribution in [0.5, 0.6) is 0 Å². The summed E-state index contributed by atoms with van der Waals surface area (Å²) in [6.07, 6.45) is 1.98. The molecule has 0 atom stereocenters. The highest BCUT2D eigenvalue weighted by Gasteiger charge is 2.18. The molecule has 1 saturated heterocycles. The average molecular weight is 406 g/mol. The summed E-state index contributed by atoms with van der Waals surface area (Å²) < 4.78 is 1.27. The molecule has 0 saturated carbocycles. The third kappa shape index (κ3) is 4.79. The Morgan fingerprint density at radius 1 is 1.10 bits per heavy atom. The van der Waals surface area contributed by atoms with Crippen LogP contribution in [0.4, 0.5) is 5.00 Å². The van der Waals surface area contributed by atoms with E-state index in [1.54, 1.807) is 13.8 Å². The molecule has 5 heteroatoms.